The van der Waals surface area contributed by atoms with E-state index in [1.807, 2.05) is 5.32 Å². The van der Waals surface area contributed by atoms with Gasteiger partial charge in [0.2, 0.25) is 6.79 Å². The highest BCUT2D eigenvalue weighted by Crippen LogP contribution is 2.34. The molecule has 0 radical (unpaired) electrons. The van der Waals surface area contributed by atoms with Gasteiger partial charge in [0.25, 0.3) is 0 Å². The van der Waals surface area contributed by atoms with Crippen molar-refractivity contribution in [2.24, 2.45) is 0 Å². The van der Waals surface area contributed by atoms with Crippen molar-refractivity contribution < 1.29 is 33.0 Å². The van der Waals surface area contributed by atoms with Crippen molar-refractivity contribution in [2.75, 3.05) is 18.7 Å². The van der Waals surface area contributed by atoms with E-state index < -0.39 is 29.6 Å². The van der Waals surface area contributed by atoms with Gasteiger partial charge in [0.1, 0.15) is 11.6 Å². The van der Waals surface area contributed by atoms with Crippen LogP contribution in [0, 0.1) is 11.6 Å². The number of carbonyl (C=O) groups is 2. The maximum Gasteiger partial charge on any atom is 0.313 e. The summed E-state index contributed by atoms with van der Waals surface area (Å²) >= 11 is 0. The summed E-state index contributed by atoms with van der Waals surface area (Å²) < 4.78 is 36.7. The highest BCUT2D eigenvalue weighted by molar-refractivity contribution is 6.39. The molecule has 1 heterocycles. The van der Waals surface area contributed by atoms with Gasteiger partial charge >= 0.3 is 11.8 Å². The molecule has 0 spiro atoms. The molecule has 0 aliphatic carbocycles. The molecule has 0 saturated heterocycles. The fourth-order valence-corrected chi connectivity index (χ4v) is 2.46. The van der Waals surface area contributed by atoms with Crippen LogP contribution >= 0.6 is 0 Å². The minimum absolute atomic E-state index is 0.00770. The van der Waals surface area contributed by atoms with E-state index in [0.29, 0.717) is 23.1 Å². The highest BCUT2D eigenvalue weighted by atomic mass is 19.1. The predicted molar refractivity (Wildman–Crippen MR) is 90.1 cm³/mol. The van der Waals surface area contributed by atoms with E-state index in [4.69, 9.17) is 9.47 Å². The van der Waals surface area contributed by atoms with Crippen molar-refractivity contribution in [1.82, 2.24) is 5.32 Å². The molecule has 0 bridgehead atoms. The Kier molecular flexibility index (Phi) is 5.51. The Morgan fingerprint density at radius 3 is 2.63 bits per heavy atom. The van der Waals surface area contributed by atoms with Gasteiger partial charge in [0.05, 0.1) is 11.8 Å². The second-order valence-corrected chi connectivity index (χ2v) is 5.75. The van der Waals surface area contributed by atoms with Gasteiger partial charge in [-0.2, -0.15) is 0 Å². The van der Waals surface area contributed by atoms with Crippen LogP contribution < -0.4 is 20.1 Å². The lowest BCUT2D eigenvalue weighted by Gasteiger charge is -2.12. The van der Waals surface area contributed by atoms with Crippen molar-refractivity contribution in [3.05, 3.63) is 53.6 Å². The molecule has 1 aliphatic heterocycles. The van der Waals surface area contributed by atoms with Crippen LogP contribution in [0.15, 0.2) is 36.4 Å². The van der Waals surface area contributed by atoms with Crippen molar-refractivity contribution >= 4 is 17.5 Å². The van der Waals surface area contributed by atoms with Crippen molar-refractivity contribution in [1.29, 1.82) is 0 Å². The summed E-state index contributed by atoms with van der Waals surface area (Å²) in [5.41, 5.74) is 0.267. The fraction of sp³-hybridized carbons (Fsp3) is 0.222. The molecular weight excluding hydrogens is 362 g/mol. The van der Waals surface area contributed by atoms with Crippen LogP contribution in [0.1, 0.15) is 18.1 Å². The third kappa shape index (κ3) is 4.50. The van der Waals surface area contributed by atoms with Gasteiger partial charge in [-0.25, -0.2) is 8.78 Å². The molecule has 2 aromatic carbocycles. The van der Waals surface area contributed by atoms with Crippen LogP contribution in [0.25, 0.3) is 0 Å². The van der Waals surface area contributed by atoms with Gasteiger partial charge in [-0.3, -0.25) is 9.59 Å². The number of ether oxygens (including phenoxy) is 2. The molecule has 0 saturated carbocycles. The van der Waals surface area contributed by atoms with Gasteiger partial charge in [-0.1, -0.05) is 6.07 Å². The molecule has 7 nitrogen and oxygen atoms in total. The number of aliphatic hydroxyl groups is 1. The minimum Gasteiger partial charge on any atom is -0.454 e. The van der Waals surface area contributed by atoms with Crippen LogP contribution in [0.3, 0.4) is 0 Å². The lowest BCUT2D eigenvalue weighted by molar-refractivity contribution is -0.136. The van der Waals surface area contributed by atoms with Crippen LogP contribution in [0.5, 0.6) is 11.5 Å². The summed E-state index contributed by atoms with van der Waals surface area (Å²) in [7, 11) is 0. The number of hydrogen-bond donors (Lipinski definition) is 3. The standard InChI is InChI=1S/C18H16F2N2O5/c19-11-2-3-13(12(20)8-11)22-18(25)17(24)21-6-5-14(23)10-1-4-15-16(7-10)27-9-26-15/h1-4,7-8,14,23H,5-6,9H2,(H,21,24)(H,22,25). The summed E-state index contributed by atoms with van der Waals surface area (Å²) in [6.45, 7) is 0.127. The monoisotopic (exact) mass is 378 g/mol. The third-order valence-electron chi connectivity index (χ3n) is 3.87. The SMILES string of the molecule is O=C(NCCC(O)c1ccc2c(c1)OCO2)C(=O)Nc1ccc(F)cc1F. The molecule has 1 aliphatic rings. The van der Waals surface area contributed by atoms with Gasteiger partial charge in [0.15, 0.2) is 11.5 Å². The maximum atomic E-state index is 13.5. The van der Waals surface area contributed by atoms with Crippen LogP contribution in [-0.2, 0) is 9.59 Å². The van der Waals surface area contributed by atoms with Gasteiger partial charge in [-0.15, -0.1) is 0 Å². The van der Waals surface area contributed by atoms with Crippen molar-refractivity contribution in [3.8, 4) is 11.5 Å². The number of nitrogens with one attached hydrogen (secondary N) is 2. The zero-order valence-electron chi connectivity index (χ0n) is 14.0. The molecule has 1 atom stereocenters. The van der Waals surface area contributed by atoms with E-state index in [9.17, 15) is 23.5 Å². The lowest BCUT2D eigenvalue weighted by Crippen LogP contribution is -2.36. The first-order valence-corrected chi connectivity index (χ1v) is 8.06. The Hall–Kier alpha value is -3.20. The van der Waals surface area contributed by atoms with Crippen LogP contribution in [0.4, 0.5) is 14.5 Å². The Morgan fingerprint density at radius 1 is 1.07 bits per heavy atom. The first kappa shape index (κ1) is 18.6. The largest absolute Gasteiger partial charge is 0.454 e. The molecule has 142 valence electrons. The number of rotatable bonds is 5. The summed E-state index contributed by atoms with van der Waals surface area (Å²) in [4.78, 5) is 23.5. The average molecular weight is 378 g/mol. The Balaban J connectivity index is 1.48. The zero-order valence-corrected chi connectivity index (χ0v) is 14.0. The Morgan fingerprint density at radius 2 is 1.85 bits per heavy atom. The molecule has 1 unspecified atom stereocenters. The normalized spacial score (nSPS) is 13.1. The Labute approximate surface area is 152 Å². The number of anilines is 1. The van der Waals surface area contributed by atoms with E-state index in [-0.39, 0.29) is 25.4 Å². The van der Waals surface area contributed by atoms with Crippen molar-refractivity contribution in [2.45, 2.75) is 12.5 Å². The predicted octanol–water partition coefficient (Wildman–Crippen LogP) is 1.87. The smallest absolute Gasteiger partial charge is 0.313 e. The maximum absolute atomic E-state index is 13.5. The first-order chi connectivity index (χ1) is 12.9. The summed E-state index contributed by atoms with van der Waals surface area (Å²) in [5.74, 6) is -2.78. The van der Waals surface area contributed by atoms with E-state index in [1.165, 1.54) is 0 Å². The second kappa shape index (κ2) is 8.00. The molecule has 0 fully saturated rings. The van der Waals surface area contributed by atoms with E-state index in [1.54, 1.807) is 18.2 Å². The number of halogens is 2. The van der Waals surface area contributed by atoms with E-state index in [2.05, 4.69) is 5.32 Å². The van der Waals surface area contributed by atoms with Crippen LogP contribution in [-0.4, -0.2) is 30.3 Å². The number of carbonyl (C=O) groups excluding carboxylic acids is 2. The van der Waals surface area contributed by atoms with Gasteiger partial charge in [0, 0.05) is 12.6 Å². The average Bonchev–Trinajstić information content (AvgIpc) is 3.11. The molecule has 9 heteroatoms. The number of benzene rings is 2. The molecular formula is C18H16F2N2O5. The molecule has 3 N–H and O–H groups in total. The number of fused-ring (bicyclic) bond motifs is 1. The number of hydrogen-bond acceptors (Lipinski definition) is 5. The summed E-state index contributed by atoms with van der Waals surface area (Å²) in [5, 5.41) is 14.5. The first-order valence-electron chi connectivity index (χ1n) is 8.06. The fourth-order valence-electron chi connectivity index (χ4n) is 2.46. The molecule has 3 rings (SSSR count). The summed E-state index contributed by atoms with van der Waals surface area (Å²) in [6.07, 6.45) is -0.749. The number of amides is 2. The van der Waals surface area contributed by atoms with Gasteiger partial charge in [-0.05, 0) is 36.2 Å². The van der Waals surface area contributed by atoms with Crippen molar-refractivity contribution in [3.63, 3.8) is 0 Å². The quantitative estimate of drug-likeness (QED) is 0.691. The second-order valence-electron chi connectivity index (χ2n) is 5.75. The summed E-state index contributed by atoms with van der Waals surface area (Å²) in [6, 6.07) is 7.54. The number of aliphatic hydroxyl groups excluding tert-OH is 1. The molecule has 2 amide bonds. The van der Waals surface area contributed by atoms with E-state index >= 15 is 0 Å². The third-order valence-corrected chi connectivity index (χ3v) is 3.87. The lowest BCUT2D eigenvalue weighted by atomic mass is 10.1. The van der Waals surface area contributed by atoms with E-state index in [0.717, 1.165) is 12.1 Å². The van der Waals surface area contributed by atoms with Gasteiger partial charge < -0.3 is 25.2 Å². The molecule has 2 aromatic rings. The molecule has 0 aromatic heterocycles. The van der Waals surface area contributed by atoms with Crippen LogP contribution in [0.2, 0.25) is 0 Å². The Bertz CT molecular complexity index is 875. The zero-order chi connectivity index (χ0) is 19.4. The topological polar surface area (TPSA) is 96.9 Å². The molecule has 27 heavy (non-hydrogen) atoms. The highest BCUT2D eigenvalue weighted by Gasteiger charge is 2.18. The minimum atomic E-state index is -1.10.